The molecule has 5 heteroatoms. The van der Waals surface area contributed by atoms with E-state index in [1.54, 1.807) is 17.9 Å². The minimum absolute atomic E-state index is 0.671. The Morgan fingerprint density at radius 2 is 1.88 bits per heavy atom. The Morgan fingerprint density at radius 1 is 1.25 bits per heavy atom. The summed E-state index contributed by atoms with van der Waals surface area (Å²) >= 11 is 0. The molecule has 0 spiro atoms. The molecule has 2 aromatic rings. The van der Waals surface area contributed by atoms with Crippen molar-refractivity contribution in [2.45, 2.75) is 20.0 Å². The molecule has 1 unspecified atom stereocenters. The highest BCUT2D eigenvalue weighted by atomic mass is 16.3. The summed E-state index contributed by atoms with van der Waals surface area (Å²) in [5.41, 5.74) is 3.27. The zero-order valence-electron chi connectivity index (χ0n) is 9.55. The lowest BCUT2D eigenvalue weighted by atomic mass is 10.1. The van der Waals surface area contributed by atoms with Crippen LogP contribution in [0.4, 0.5) is 0 Å². The van der Waals surface area contributed by atoms with Gasteiger partial charge in [-0.05, 0) is 31.5 Å². The van der Waals surface area contributed by atoms with Crippen LogP contribution in [-0.4, -0.2) is 25.1 Å². The summed E-state index contributed by atoms with van der Waals surface area (Å²) in [7, 11) is 1.76. The van der Waals surface area contributed by atoms with Gasteiger partial charge in [0.05, 0.1) is 11.9 Å². The SMILES string of the molecule is Cc1cc(C(O)c2cnnn2C)cc(C)n1. The van der Waals surface area contributed by atoms with Crippen LogP contribution in [0.15, 0.2) is 18.3 Å². The summed E-state index contributed by atoms with van der Waals surface area (Å²) in [4.78, 5) is 4.27. The number of aromatic nitrogens is 4. The van der Waals surface area contributed by atoms with E-state index < -0.39 is 6.10 Å². The van der Waals surface area contributed by atoms with Crippen LogP contribution >= 0.6 is 0 Å². The number of nitrogens with zero attached hydrogens (tertiary/aromatic N) is 4. The third-order valence-electron chi connectivity index (χ3n) is 2.45. The summed E-state index contributed by atoms with van der Waals surface area (Å²) in [6, 6.07) is 3.73. The van der Waals surface area contributed by atoms with Crippen molar-refractivity contribution in [1.82, 2.24) is 20.0 Å². The topological polar surface area (TPSA) is 63.8 Å². The Hall–Kier alpha value is -1.75. The summed E-state index contributed by atoms with van der Waals surface area (Å²) in [5.74, 6) is 0. The van der Waals surface area contributed by atoms with Crippen LogP contribution in [0.5, 0.6) is 0 Å². The standard InChI is InChI=1S/C11H14N4O/c1-7-4-9(5-8(2)13-7)11(16)10-6-12-14-15(10)3/h4-6,11,16H,1-3H3. The van der Waals surface area contributed by atoms with Crippen LogP contribution in [0, 0.1) is 13.8 Å². The molecule has 0 saturated heterocycles. The van der Waals surface area contributed by atoms with Gasteiger partial charge in [-0.1, -0.05) is 5.21 Å². The van der Waals surface area contributed by atoms with Gasteiger partial charge in [0.25, 0.3) is 0 Å². The molecule has 0 aromatic carbocycles. The Labute approximate surface area is 93.8 Å². The molecule has 84 valence electrons. The fourth-order valence-electron chi connectivity index (χ4n) is 1.74. The minimum Gasteiger partial charge on any atom is -0.382 e. The van der Waals surface area contributed by atoms with E-state index >= 15 is 0 Å². The van der Waals surface area contributed by atoms with E-state index in [0.717, 1.165) is 17.0 Å². The highest BCUT2D eigenvalue weighted by Crippen LogP contribution is 2.21. The summed E-state index contributed by atoms with van der Waals surface area (Å²) in [6.45, 7) is 3.81. The predicted octanol–water partition coefficient (Wildman–Crippen LogP) is 0.909. The number of hydrogen-bond acceptors (Lipinski definition) is 4. The predicted molar refractivity (Wildman–Crippen MR) is 58.8 cm³/mol. The largest absolute Gasteiger partial charge is 0.382 e. The Balaban J connectivity index is 2.41. The van der Waals surface area contributed by atoms with E-state index in [1.807, 2.05) is 26.0 Å². The van der Waals surface area contributed by atoms with Crippen LogP contribution in [0.25, 0.3) is 0 Å². The molecule has 2 heterocycles. The van der Waals surface area contributed by atoms with Crippen LogP contribution < -0.4 is 0 Å². The summed E-state index contributed by atoms with van der Waals surface area (Å²) < 4.78 is 1.57. The molecule has 16 heavy (non-hydrogen) atoms. The van der Waals surface area contributed by atoms with Crippen molar-refractivity contribution in [1.29, 1.82) is 0 Å². The Kier molecular flexibility index (Phi) is 2.70. The molecule has 0 aliphatic carbocycles. The third-order valence-corrected chi connectivity index (χ3v) is 2.45. The molecule has 1 N–H and O–H groups in total. The molecule has 2 rings (SSSR count). The van der Waals surface area contributed by atoms with Crippen LogP contribution in [0.3, 0.4) is 0 Å². The molecule has 0 aliphatic rings. The first-order valence-corrected chi connectivity index (χ1v) is 5.06. The maximum atomic E-state index is 10.2. The average molecular weight is 218 g/mol. The lowest BCUT2D eigenvalue weighted by Gasteiger charge is -2.11. The maximum absolute atomic E-state index is 10.2. The van der Waals surface area contributed by atoms with Gasteiger partial charge in [-0.2, -0.15) is 0 Å². The molecule has 2 aromatic heterocycles. The molecular formula is C11H14N4O. The molecule has 0 amide bonds. The lowest BCUT2D eigenvalue weighted by Crippen LogP contribution is -2.07. The van der Waals surface area contributed by atoms with Crippen LogP contribution in [0.2, 0.25) is 0 Å². The van der Waals surface area contributed by atoms with Gasteiger partial charge >= 0.3 is 0 Å². The third kappa shape index (κ3) is 1.94. The molecule has 5 nitrogen and oxygen atoms in total. The number of hydrogen-bond donors (Lipinski definition) is 1. The van der Waals surface area contributed by atoms with Crippen molar-refractivity contribution < 1.29 is 5.11 Å². The molecule has 0 radical (unpaired) electrons. The van der Waals surface area contributed by atoms with Gasteiger partial charge in [0.1, 0.15) is 6.10 Å². The average Bonchev–Trinajstić information content (AvgIpc) is 2.62. The van der Waals surface area contributed by atoms with Gasteiger partial charge in [-0.25, -0.2) is 4.68 Å². The van der Waals surface area contributed by atoms with E-state index in [0.29, 0.717) is 5.69 Å². The molecule has 0 saturated carbocycles. The van der Waals surface area contributed by atoms with Gasteiger partial charge in [-0.15, -0.1) is 5.10 Å². The Morgan fingerprint density at radius 3 is 2.38 bits per heavy atom. The number of aliphatic hydroxyl groups excluding tert-OH is 1. The van der Waals surface area contributed by atoms with E-state index in [1.165, 1.54) is 0 Å². The molecule has 0 fully saturated rings. The van der Waals surface area contributed by atoms with Crippen molar-refractivity contribution in [3.8, 4) is 0 Å². The summed E-state index contributed by atoms with van der Waals surface area (Å²) in [6.07, 6.45) is 0.857. The highest BCUT2D eigenvalue weighted by molar-refractivity contribution is 5.27. The fraction of sp³-hybridized carbons (Fsp3) is 0.364. The first-order valence-electron chi connectivity index (χ1n) is 5.06. The van der Waals surface area contributed by atoms with Crippen molar-refractivity contribution in [3.05, 3.63) is 41.0 Å². The van der Waals surface area contributed by atoms with E-state index in [2.05, 4.69) is 15.3 Å². The van der Waals surface area contributed by atoms with E-state index in [-0.39, 0.29) is 0 Å². The first-order chi connectivity index (χ1) is 7.58. The van der Waals surface area contributed by atoms with Gasteiger partial charge < -0.3 is 5.11 Å². The molecule has 0 bridgehead atoms. The lowest BCUT2D eigenvalue weighted by molar-refractivity contribution is 0.209. The van der Waals surface area contributed by atoms with Crippen molar-refractivity contribution >= 4 is 0 Å². The van der Waals surface area contributed by atoms with Gasteiger partial charge in [0.15, 0.2) is 0 Å². The van der Waals surface area contributed by atoms with Gasteiger partial charge in [0, 0.05) is 18.4 Å². The monoisotopic (exact) mass is 218 g/mol. The van der Waals surface area contributed by atoms with E-state index in [9.17, 15) is 5.11 Å². The zero-order chi connectivity index (χ0) is 11.7. The molecule has 0 aliphatic heterocycles. The smallest absolute Gasteiger partial charge is 0.122 e. The zero-order valence-corrected chi connectivity index (χ0v) is 9.55. The quantitative estimate of drug-likeness (QED) is 0.813. The van der Waals surface area contributed by atoms with E-state index in [4.69, 9.17) is 0 Å². The second-order valence-electron chi connectivity index (χ2n) is 3.87. The number of rotatable bonds is 2. The fourth-order valence-corrected chi connectivity index (χ4v) is 1.74. The molecule has 1 atom stereocenters. The minimum atomic E-state index is -0.708. The first kappa shape index (κ1) is 10.8. The van der Waals surface area contributed by atoms with Crippen molar-refractivity contribution in [2.24, 2.45) is 7.05 Å². The van der Waals surface area contributed by atoms with Gasteiger partial charge in [0.2, 0.25) is 0 Å². The maximum Gasteiger partial charge on any atom is 0.122 e. The van der Waals surface area contributed by atoms with Crippen molar-refractivity contribution in [3.63, 3.8) is 0 Å². The van der Waals surface area contributed by atoms with Gasteiger partial charge in [-0.3, -0.25) is 4.98 Å². The number of aryl methyl sites for hydroxylation is 3. The van der Waals surface area contributed by atoms with Crippen LogP contribution in [-0.2, 0) is 7.05 Å². The number of aliphatic hydroxyl groups is 1. The van der Waals surface area contributed by atoms with Crippen LogP contribution in [0.1, 0.15) is 28.7 Å². The second-order valence-corrected chi connectivity index (χ2v) is 3.87. The molecular weight excluding hydrogens is 204 g/mol. The number of pyridine rings is 1. The van der Waals surface area contributed by atoms with Crippen molar-refractivity contribution in [2.75, 3.05) is 0 Å². The normalized spacial score (nSPS) is 12.8. The highest BCUT2D eigenvalue weighted by Gasteiger charge is 2.15. The second kappa shape index (κ2) is 4.02. The Bertz CT molecular complexity index is 486. The summed E-state index contributed by atoms with van der Waals surface area (Å²) in [5, 5.41) is 17.7.